The van der Waals surface area contributed by atoms with E-state index in [1.165, 1.54) is 12.1 Å². The predicted molar refractivity (Wildman–Crippen MR) is 76.8 cm³/mol. The molecule has 0 aliphatic rings. The first-order chi connectivity index (χ1) is 9.99. The monoisotopic (exact) mass is 312 g/mol. The number of nitrogens with zero attached hydrogens (tertiary/aromatic N) is 1. The van der Waals surface area contributed by atoms with Gasteiger partial charge in [-0.2, -0.15) is 0 Å². The summed E-state index contributed by atoms with van der Waals surface area (Å²) >= 11 is 5.98. The fourth-order valence-electron chi connectivity index (χ4n) is 1.84. The van der Waals surface area contributed by atoms with E-state index in [1.54, 1.807) is 24.3 Å². The fraction of sp³-hybridized carbons (Fsp3) is 0.143. The van der Waals surface area contributed by atoms with Crippen molar-refractivity contribution in [1.29, 1.82) is 0 Å². The molecule has 0 aliphatic carbocycles. The van der Waals surface area contributed by atoms with E-state index in [9.17, 15) is 18.9 Å². The van der Waals surface area contributed by atoms with Crippen molar-refractivity contribution in [2.75, 3.05) is 5.32 Å². The minimum absolute atomic E-state index is 0.149. The highest BCUT2D eigenvalue weighted by Crippen LogP contribution is 2.31. The van der Waals surface area contributed by atoms with Crippen molar-refractivity contribution < 1.29 is 13.7 Å². The Morgan fingerprint density at radius 2 is 1.95 bits per heavy atom. The molecular weight excluding hydrogens is 302 g/mol. The molecule has 0 radical (unpaired) electrons. The van der Waals surface area contributed by atoms with Gasteiger partial charge in [-0.3, -0.25) is 10.1 Å². The summed E-state index contributed by atoms with van der Waals surface area (Å²) in [5.74, 6) is 0. The van der Waals surface area contributed by atoms with Crippen LogP contribution in [0.2, 0.25) is 5.02 Å². The molecule has 0 saturated heterocycles. The first-order valence-corrected chi connectivity index (χ1v) is 6.40. The third-order valence-electron chi connectivity index (χ3n) is 2.91. The number of non-ortho nitro benzene ring substituents is 1. The van der Waals surface area contributed by atoms with Gasteiger partial charge in [0.1, 0.15) is 0 Å². The molecule has 0 bridgehead atoms. The van der Waals surface area contributed by atoms with Gasteiger partial charge in [-0.1, -0.05) is 29.8 Å². The normalized spacial score (nSPS) is 10.7. The second kappa shape index (κ2) is 6.49. The first kappa shape index (κ1) is 15.2. The number of benzene rings is 2. The average Bonchev–Trinajstić information content (AvgIpc) is 2.46. The number of nitrogens with one attached hydrogen (secondary N) is 1. The third-order valence-corrected chi connectivity index (χ3v) is 3.28. The highest BCUT2D eigenvalue weighted by atomic mass is 35.5. The molecule has 4 nitrogen and oxygen atoms in total. The molecule has 0 saturated carbocycles. The summed E-state index contributed by atoms with van der Waals surface area (Å²) in [7, 11) is 0. The maximum Gasteiger partial charge on any atom is 0.270 e. The zero-order valence-corrected chi connectivity index (χ0v) is 11.5. The van der Waals surface area contributed by atoms with Crippen LogP contribution in [0.3, 0.4) is 0 Å². The van der Waals surface area contributed by atoms with Gasteiger partial charge >= 0.3 is 0 Å². The topological polar surface area (TPSA) is 55.2 Å². The van der Waals surface area contributed by atoms with Gasteiger partial charge in [0.2, 0.25) is 0 Å². The number of nitro groups is 1. The maximum absolute atomic E-state index is 13.0. The van der Waals surface area contributed by atoms with Gasteiger partial charge in [0.15, 0.2) is 0 Å². The second-order valence-electron chi connectivity index (χ2n) is 4.27. The molecule has 2 rings (SSSR count). The largest absolute Gasteiger partial charge is 0.381 e. The molecule has 0 fully saturated rings. The Morgan fingerprint density at radius 3 is 2.57 bits per heavy atom. The van der Waals surface area contributed by atoms with Crippen molar-refractivity contribution in [1.82, 2.24) is 0 Å². The first-order valence-electron chi connectivity index (χ1n) is 6.03. The lowest BCUT2D eigenvalue weighted by molar-refractivity contribution is -0.385. The predicted octanol–water partition coefficient (Wildman–Crippen LogP) is 4.80. The maximum atomic E-state index is 13.0. The van der Waals surface area contributed by atoms with Crippen molar-refractivity contribution >= 4 is 23.0 Å². The Hall–Kier alpha value is -2.21. The van der Waals surface area contributed by atoms with Crippen LogP contribution in [0, 0.1) is 10.1 Å². The van der Waals surface area contributed by atoms with Crippen LogP contribution in [-0.2, 0) is 6.54 Å². The van der Waals surface area contributed by atoms with Crippen LogP contribution < -0.4 is 5.32 Å². The molecule has 2 aromatic carbocycles. The SMILES string of the molecule is O=[N+]([O-])c1ccc(NCc2ccccc2Cl)c(C(F)F)c1. The summed E-state index contributed by atoms with van der Waals surface area (Å²) in [6.45, 7) is 0.247. The summed E-state index contributed by atoms with van der Waals surface area (Å²) in [5.41, 5.74) is 0.123. The van der Waals surface area contributed by atoms with Crippen LogP contribution >= 0.6 is 11.6 Å². The van der Waals surface area contributed by atoms with Crippen LogP contribution in [0.15, 0.2) is 42.5 Å². The summed E-state index contributed by atoms with van der Waals surface area (Å²) < 4.78 is 26.0. The molecule has 2 aromatic rings. The lowest BCUT2D eigenvalue weighted by Crippen LogP contribution is -2.04. The molecule has 0 spiro atoms. The van der Waals surface area contributed by atoms with E-state index in [4.69, 9.17) is 11.6 Å². The standard InChI is InChI=1S/C14H11ClF2N2O2/c15-12-4-2-1-3-9(12)8-18-13-6-5-10(19(20)21)7-11(13)14(16)17/h1-7,14,18H,8H2. The van der Waals surface area contributed by atoms with E-state index >= 15 is 0 Å². The minimum atomic E-state index is -2.81. The van der Waals surface area contributed by atoms with Crippen LogP contribution in [0.4, 0.5) is 20.2 Å². The van der Waals surface area contributed by atoms with E-state index in [-0.39, 0.29) is 17.9 Å². The Morgan fingerprint density at radius 1 is 1.24 bits per heavy atom. The molecule has 0 atom stereocenters. The van der Waals surface area contributed by atoms with Gasteiger partial charge in [-0.15, -0.1) is 0 Å². The molecule has 0 unspecified atom stereocenters. The highest BCUT2D eigenvalue weighted by Gasteiger charge is 2.17. The number of hydrogen-bond donors (Lipinski definition) is 1. The number of alkyl halides is 2. The van der Waals surface area contributed by atoms with E-state index in [1.807, 2.05) is 0 Å². The Labute approximate surface area is 124 Å². The van der Waals surface area contributed by atoms with Crippen LogP contribution in [-0.4, -0.2) is 4.92 Å². The molecular formula is C14H11ClF2N2O2. The minimum Gasteiger partial charge on any atom is -0.381 e. The Kier molecular flexibility index (Phi) is 4.70. The molecule has 21 heavy (non-hydrogen) atoms. The summed E-state index contributed by atoms with van der Waals surface area (Å²) in [5, 5.41) is 14.0. The van der Waals surface area contributed by atoms with Gasteiger partial charge in [0, 0.05) is 35.0 Å². The molecule has 0 aromatic heterocycles. The van der Waals surface area contributed by atoms with E-state index in [0.717, 1.165) is 11.6 Å². The van der Waals surface area contributed by atoms with Gasteiger partial charge in [0.25, 0.3) is 12.1 Å². The molecule has 0 heterocycles. The summed E-state index contributed by atoms with van der Waals surface area (Å²) in [4.78, 5) is 9.93. The van der Waals surface area contributed by atoms with Gasteiger partial charge in [-0.05, 0) is 17.7 Å². The third kappa shape index (κ3) is 3.66. The van der Waals surface area contributed by atoms with Crippen molar-refractivity contribution in [3.05, 3.63) is 68.7 Å². The van der Waals surface area contributed by atoms with Crippen molar-refractivity contribution in [2.45, 2.75) is 13.0 Å². The second-order valence-corrected chi connectivity index (χ2v) is 4.68. The number of rotatable bonds is 5. The summed E-state index contributed by atoms with van der Waals surface area (Å²) in [6, 6.07) is 10.3. The molecule has 0 aliphatic heterocycles. The summed E-state index contributed by atoms with van der Waals surface area (Å²) in [6.07, 6.45) is -2.81. The van der Waals surface area contributed by atoms with Gasteiger partial charge < -0.3 is 5.32 Å². The van der Waals surface area contributed by atoms with Crippen molar-refractivity contribution in [2.24, 2.45) is 0 Å². The van der Waals surface area contributed by atoms with Gasteiger partial charge in [0.05, 0.1) is 4.92 Å². The number of anilines is 1. The van der Waals surface area contributed by atoms with Crippen LogP contribution in [0.5, 0.6) is 0 Å². The average molecular weight is 313 g/mol. The Bertz CT molecular complexity index is 665. The van der Waals surface area contributed by atoms with E-state index in [0.29, 0.717) is 5.02 Å². The smallest absolute Gasteiger partial charge is 0.270 e. The quantitative estimate of drug-likeness (QED) is 0.637. The number of halogens is 3. The molecule has 7 heteroatoms. The van der Waals surface area contributed by atoms with Crippen LogP contribution in [0.25, 0.3) is 0 Å². The fourth-order valence-corrected chi connectivity index (χ4v) is 2.04. The lowest BCUT2D eigenvalue weighted by Gasteiger charge is -2.12. The highest BCUT2D eigenvalue weighted by molar-refractivity contribution is 6.31. The van der Waals surface area contributed by atoms with Crippen molar-refractivity contribution in [3.8, 4) is 0 Å². The number of nitro benzene ring substituents is 1. The zero-order chi connectivity index (χ0) is 15.4. The van der Waals surface area contributed by atoms with Crippen molar-refractivity contribution in [3.63, 3.8) is 0 Å². The molecule has 0 amide bonds. The van der Waals surface area contributed by atoms with Gasteiger partial charge in [-0.25, -0.2) is 8.78 Å². The number of hydrogen-bond acceptors (Lipinski definition) is 3. The molecule has 1 N–H and O–H groups in total. The zero-order valence-electron chi connectivity index (χ0n) is 10.7. The Balaban J connectivity index is 2.23. The van der Waals surface area contributed by atoms with E-state index < -0.39 is 16.9 Å². The van der Waals surface area contributed by atoms with E-state index in [2.05, 4.69) is 5.32 Å². The molecule has 110 valence electrons. The van der Waals surface area contributed by atoms with Crippen LogP contribution in [0.1, 0.15) is 17.6 Å². The lowest BCUT2D eigenvalue weighted by atomic mass is 10.1.